The molecule has 0 saturated heterocycles. The van der Waals surface area contributed by atoms with Crippen LogP contribution >= 0.6 is 12.4 Å². The van der Waals surface area contributed by atoms with E-state index in [1.807, 2.05) is 60.5 Å². The normalized spacial score (nSPS) is 14.3. The number of ether oxygens (including phenoxy) is 1. The first-order chi connectivity index (χ1) is 13.7. The van der Waals surface area contributed by atoms with Gasteiger partial charge in [0.05, 0.1) is 12.6 Å². The Kier molecular flexibility index (Phi) is 6.83. The first-order valence-electron chi connectivity index (χ1n) is 9.98. The summed E-state index contributed by atoms with van der Waals surface area (Å²) in [5.41, 5.74) is 9.62. The average Bonchev–Trinajstić information content (AvgIpc) is 3.48. The molecule has 0 spiro atoms. The highest BCUT2D eigenvalue weighted by Crippen LogP contribution is 2.30. The topological polar surface area (TPSA) is 71.3 Å². The fourth-order valence-electron chi connectivity index (χ4n) is 3.67. The molecule has 4 rings (SSSR count). The second kappa shape index (κ2) is 9.33. The molecule has 6 heteroatoms. The van der Waals surface area contributed by atoms with E-state index in [4.69, 9.17) is 10.5 Å². The van der Waals surface area contributed by atoms with E-state index in [-0.39, 0.29) is 18.3 Å². The Morgan fingerprint density at radius 3 is 2.62 bits per heavy atom. The van der Waals surface area contributed by atoms with Crippen molar-refractivity contribution in [3.63, 3.8) is 0 Å². The average molecular weight is 414 g/mol. The smallest absolute Gasteiger partial charge is 0.240 e. The fraction of sp³-hybridized carbons (Fsp3) is 0.348. The van der Waals surface area contributed by atoms with E-state index in [1.165, 1.54) is 0 Å². The molecule has 1 aliphatic carbocycles. The van der Waals surface area contributed by atoms with Gasteiger partial charge in [0.25, 0.3) is 0 Å². The summed E-state index contributed by atoms with van der Waals surface area (Å²) in [4.78, 5) is 18.3. The number of hydrogen-bond donors (Lipinski definition) is 2. The molecule has 0 aliphatic heterocycles. The second-order valence-electron chi connectivity index (χ2n) is 7.44. The van der Waals surface area contributed by atoms with Gasteiger partial charge in [-0.1, -0.05) is 30.3 Å². The zero-order valence-electron chi connectivity index (χ0n) is 16.6. The van der Waals surface area contributed by atoms with E-state index in [2.05, 4.69) is 11.1 Å². The summed E-state index contributed by atoms with van der Waals surface area (Å²) >= 11 is 0. The van der Waals surface area contributed by atoms with Crippen molar-refractivity contribution in [1.82, 2.24) is 9.88 Å². The van der Waals surface area contributed by atoms with Crippen LogP contribution in [-0.2, 0) is 17.8 Å². The number of halogens is 1. The number of H-pyrrole nitrogens is 1. The van der Waals surface area contributed by atoms with Gasteiger partial charge in [-0.3, -0.25) is 4.79 Å². The predicted octanol–water partition coefficient (Wildman–Crippen LogP) is 4.05. The van der Waals surface area contributed by atoms with Gasteiger partial charge in [0.2, 0.25) is 5.91 Å². The lowest BCUT2D eigenvalue weighted by Crippen LogP contribution is -2.45. The van der Waals surface area contributed by atoms with Crippen molar-refractivity contribution >= 4 is 29.2 Å². The molecular weight excluding hydrogens is 386 g/mol. The van der Waals surface area contributed by atoms with Crippen LogP contribution in [-0.4, -0.2) is 34.5 Å². The van der Waals surface area contributed by atoms with E-state index in [0.29, 0.717) is 25.6 Å². The second-order valence-corrected chi connectivity index (χ2v) is 7.44. The van der Waals surface area contributed by atoms with Crippen LogP contribution in [0, 0.1) is 0 Å². The van der Waals surface area contributed by atoms with Gasteiger partial charge in [-0.25, -0.2) is 0 Å². The molecule has 1 saturated carbocycles. The van der Waals surface area contributed by atoms with Gasteiger partial charge in [0, 0.05) is 29.7 Å². The Morgan fingerprint density at radius 1 is 1.21 bits per heavy atom. The summed E-state index contributed by atoms with van der Waals surface area (Å²) in [5.74, 6) is 0.883. The Hall–Kier alpha value is -2.50. The molecule has 2 aromatic carbocycles. The minimum absolute atomic E-state index is 0. The van der Waals surface area contributed by atoms with Crippen molar-refractivity contribution in [3.8, 4) is 5.75 Å². The van der Waals surface area contributed by atoms with Crippen LogP contribution in [0.2, 0.25) is 0 Å². The number of nitrogens with two attached hydrogens (primary N) is 1. The van der Waals surface area contributed by atoms with E-state index >= 15 is 0 Å². The molecule has 5 nitrogen and oxygen atoms in total. The van der Waals surface area contributed by atoms with Crippen LogP contribution in [0.25, 0.3) is 10.9 Å². The lowest BCUT2D eigenvalue weighted by Gasteiger charge is -2.26. The monoisotopic (exact) mass is 413 g/mol. The number of nitrogens with zero attached hydrogens (tertiary/aromatic N) is 1. The summed E-state index contributed by atoms with van der Waals surface area (Å²) in [5, 5.41) is 1.13. The molecule has 0 bridgehead atoms. The Labute approximate surface area is 177 Å². The quantitative estimate of drug-likeness (QED) is 0.585. The third-order valence-corrected chi connectivity index (χ3v) is 5.29. The van der Waals surface area contributed by atoms with Crippen molar-refractivity contribution in [2.45, 2.75) is 44.8 Å². The molecule has 0 unspecified atom stereocenters. The number of rotatable bonds is 8. The number of aromatic nitrogens is 1. The van der Waals surface area contributed by atoms with E-state index in [9.17, 15) is 4.79 Å². The number of nitrogens with one attached hydrogen (secondary N) is 1. The molecule has 1 aromatic heterocycles. The van der Waals surface area contributed by atoms with E-state index in [1.54, 1.807) is 0 Å². The van der Waals surface area contributed by atoms with Gasteiger partial charge in [0.15, 0.2) is 0 Å². The summed E-state index contributed by atoms with van der Waals surface area (Å²) in [6.07, 6.45) is 4.62. The Bertz CT molecular complexity index is 950. The molecule has 29 heavy (non-hydrogen) atoms. The van der Waals surface area contributed by atoms with Crippen molar-refractivity contribution in [2.24, 2.45) is 5.73 Å². The number of aromatic amines is 1. The lowest BCUT2D eigenvalue weighted by atomic mass is 10.0. The first-order valence-corrected chi connectivity index (χ1v) is 9.98. The van der Waals surface area contributed by atoms with Gasteiger partial charge in [0.1, 0.15) is 5.75 Å². The SMILES string of the molecule is CCOc1ccc(CN(C(=O)[C@H](N)Cc2c[nH]c3ccccc23)C2CC2)cc1.Cl. The van der Waals surface area contributed by atoms with E-state index in [0.717, 1.165) is 40.6 Å². The van der Waals surface area contributed by atoms with Crippen LogP contribution in [0.15, 0.2) is 54.7 Å². The Morgan fingerprint density at radius 2 is 1.93 bits per heavy atom. The van der Waals surface area contributed by atoms with Crippen LogP contribution in [0.3, 0.4) is 0 Å². The highest BCUT2D eigenvalue weighted by Gasteiger charge is 2.35. The van der Waals surface area contributed by atoms with Gasteiger partial charge < -0.3 is 20.4 Å². The van der Waals surface area contributed by atoms with E-state index < -0.39 is 6.04 Å². The van der Waals surface area contributed by atoms with Crippen LogP contribution in [0.5, 0.6) is 5.75 Å². The summed E-state index contributed by atoms with van der Waals surface area (Å²) in [6, 6.07) is 15.9. The van der Waals surface area contributed by atoms with Crippen molar-refractivity contribution in [3.05, 3.63) is 65.9 Å². The van der Waals surface area contributed by atoms with Gasteiger partial charge in [-0.2, -0.15) is 0 Å². The van der Waals surface area contributed by atoms with Gasteiger partial charge in [-0.05, 0) is 55.5 Å². The first kappa shape index (κ1) is 21.2. The Balaban J connectivity index is 0.00000240. The zero-order chi connectivity index (χ0) is 19.5. The molecule has 154 valence electrons. The molecule has 1 heterocycles. The molecule has 1 atom stereocenters. The molecule has 3 N–H and O–H groups in total. The molecule has 3 aromatic rings. The van der Waals surface area contributed by atoms with Gasteiger partial charge in [-0.15, -0.1) is 12.4 Å². The molecule has 1 amide bonds. The summed E-state index contributed by atoms with van der Waals surface area (Å²) < 4.78 is 5.50. The summed E-state index contributed by atoms with van der Waals surface area (Å²) in [7, 11) is 0. The van der Waals surface area contributed by atoms with Crippen molar-refractivity contribution in [1.29, 1.82) is 0 Å². The van der Waals surface area contributed by atoms with Crippen LogP contribution in [0.4, 0.5) is 0 Å². The predicted molar refractivity (Wildman–Crippen MR) is 118 cm³/mol. The highest BCUT2D eigenvalue weighted by molar-refractivity contribution is 5.86. The summed E-state index contributed by atoms with van der Waals surface area (Å²) in [6.45, 7) is 3.21. The van der Waals surface area contributed by atoms with Gasteiger partial charge >= 0.3 is 0 Å². The maximum atomic E-state index is 13.1. The standard InChI is InChI=1S/C23H27N3O2.ClH/c1-2-28-19-11-7-16(8-12-19)15-26(18-9-10-18)23(27)21(24)13-17-14-25-22-6-4-3-5-20(17)22;/h3-8,11-12,14,18,21,25H,2,9-10,13,15,24H2,1H3;1H/t21-;/m1./s1. The minimum Gasteiger partial charge on any atom is -0.494 e. The minimum atomic E-state index is -0.539. The lowest BCUT2D eigenvalue weighted by molar-refractivity contribution is -0.133. The maximum absolute atomic E-state index is 13.1. The van der Waals surface area contributed by atoms with Crippen LogP contribution < -0.4 is 10.5 Å². The number of carbonyl (C=O) groups is 1. The number of hydrogen-bond acceptors (Lipinski definition) is 3. The molecule has 1 aliphatic rings. The highest BCUT2D eigenvalue weighted by atomic mass is 35.5. The number of carbonyl (C=O) groups excluding carboxylic acids is 1. The fourth-order valence-corrected chi connectivity index (χ4v) is 3.67. The molecular formula is C23H28ClN3O2. The number of amides is 1. The number of para-hydroxylation sites is 1. The van der Waals surface area contributed by atoms with Crippen LogP contribution in [0.1, 0.15) is 30.9 Å². The zero-order valence-corrected chi connectivity index (χ0v) is 17.5. The maximum Gasteiger partial charge on any atom is 0.240 e. The third-order valence-electron chi connectivity index (χ3n) is 5.29. The number of fused-ring (bicyclic) bond motifs is 1. The van der Waals surface area contributed by atoms with Crippen molar-refractivity contribution in [2.75, 3.05) is 6.61 Å². The molecule has 0 radical (unpaired) electrons. The van der Waals surface area contributed by atoms with Crippen molar-refractivity contribution < 1.29 is 9.53 Å². The molecule has 1 fully saturated rings. The third kappa shape index (κ3) is 4.92. The number of benzene rings is 2. The largest absolute Gasteiger partial charge is 0.494 e.